The lowest BCUT2D eigenvalue weighted by molar-refractivity contribution is 0.312. The van der Waals surface area contributed by atoms with E-state index in [0.29, 0.717) is 19.0 Å². The van der Waals surface area contributed by atoms with Crippen LogP contribution in [0, 0.1) is 12.3 Å². The normalized spacial score (nSPS) is 16.2. The molecule has 1 aromatic rings. The molecule has 0 unspecified atom stereocenters. The molecule has 0 radical (unpaired) electrons. The zero-order valence-electron chi connectivity index (χ0n) is 13.3. The van der Waals surface area contributed by atoms with Crippen LogP contribution in [0.4, 0.5) is 5.82 Å². The van der Waals surface area contributed by atoms with Gasteiger partial charge in [0, 0.05) is 46.0 Å². The summed E-state index contributed by atoms with van der Waals surface area (Å²) in [6.45, 7) is 5.34. The number of pyridine rings is 1. The number of terminal acetylenes is 1. The Morgan fingerprint density at radius 3 is 2.82 bits per heavy atom. The highest BCUT2D eigenvalue weighted by Crippen LogP contribution is 2.14. The molecule has 0 aromatic carbocycles. The quantitative estimate of drug-likeness (QED) is 0.470. The van der Waals surface area contributed by atoms with Gasteiger partial charge in [0.05, 0.1) is 6.54 Å². The summed E-state index contributed by atoms with van der Waals surface area (Å²) in [7, 11) is 3.88. The Labute approximate surface area is 132 Å². The van der Waals surface area contributed by atoms with Gasteiger partial charge < -0.3 is 20.4 Å². The molecule has 2 rings (SSSR count). The predicted molar refractivity (Wildman–Crippen MR) is 91.0 cm³/mol. The molecule has 1 saturated heterocycles. The number of aromatic nitrogens is 1. The largest absolute Gasteiger partial charge is 0.354 e. The summed E-state index contributed by atoms with van der Waals surface area (Å²) in [6, 6.07) is 4.15. The van der Waals surface area contributed by atoms with Crippen molar-refractivity contribution in [2.24, 2.45) is 4.99 Å². The average molecular weight is 300 g/mol. The molecule has 0 spiro atoms. The van der Waals surface area contributed by atoms with Crippen molar-refractivity contribution in [3.05, 3.63) is 23.9 Å². The third-order valence-electron chi connectivity index (χ3n) is 3.68. The molecular formula is C16H24N6. The van der Waals surface area contributed by atoms with Crippen molar-refractivity contribution in [1.29, 1.82) is 0 Å². The van der Waals surface area contributed by atoms with Gasteiger partial charge in [-0.3, -0.25) is 4.99 Å². The number of nitrogens with zero attached hydrogens (tertiary/aromatic N) is 4. The number of piperazine rings is 1. The lowest BCUT2D eigenvalue weighted by Crippen LogP contribution is -2.44. The van der Waals surface area contributed by atoms with Crippen LogP contribution < -0.4 is 15.5 Å². The second-order valence-electron chi connectivity index (χ2n) is 5.30. The summed E-state index contributed by atoms with van der Waals surface area (Å²) >= 11 is 0. The summed E-state index contributed by atoms with van der Waals surface area (Å²) in [5.41, 5.74) is 1.17. The first-order chi connectivity index (χ1) is 10.7. The molecule has 2 heterocycles. The van der Waals surface area contributed by atoms with E-state index < -0.39 is 0 Å². The van der Waals surface area contributed by atoms with E-state index in [1.165, 1.54) is 5.56 Å². The first-order valence-corrected chi connectivity index (χ1v) is 7.49. The van der Waals surface area contributed by atoms with Crippen LogP contribution in [-0.2, 0) is 6.54 Å². The molecule has 0 amide bonds. The van der Waals surface area contributed by atoms with Gasteiger partial charge in [-0.15, -0.1) is 6.42 Å². The van der Waals surface area contributed by atoms with Gasteiger partial charge >= 0.3 is 0 Å². The molecular weight excluding hydrogens is 276 g/mol. The topological polar surface area (TPSA) is 55.8 Å². The smallest absolute Gasteiger partial charge is 0.192 e. The summed E-state index contributed by atoms with van der Waals surface area (Å²) in [5, 5.41) is 6.29. The van der Waals surface area contributed by atoms with E-state index in [2.05, 4.69) is 49.4 Å². The molecule has 0 saturated carbocycles. The molecule has 22 heavy (non-hydrogen) atoms. The van der Waals surface area contributed by atoms with Gasteiger partial charge in [-0.25, -0.2) is 4.98 Å². The number of rotatable bonds is 4. The molecule has 2 N–H and O–H groups in total. The van der Waals surface area contributed by atoms with E-state index in [1.807, 2.05) is 12.3 Å². The third kappa shape index (κ3) is 4.64. The van der Waals surface area contributed by atoms with Gasteiger partial charge in [-0.2, -0.15) is 0 Å². The van der Waals surface area contributed by atoms with Crippen molar-refractivity contribution in [3.63, 3.8) is 0 Å². The highest BCUT2D eigenvalue weighted by molar-refractivity contribution is 5.79. The molecule has 1 fully saturated rings. The summed E-state index contributed by atoms with van der Waals surface area (Å²) < 4.78 is 0. The zero-order chi connectivity index (χ0) is 15.8. The second kappa shape index (κ2) is 8.25. The van der Waals surface area contributed by atoms with Crippen LogP contribution >= 0.6 is 0 Å². The highest BCUT2D eigenvalue weighted by atomic mass is 15.3. The molecule has 6 heteroatoms. The van der Waals surface area contributed by atoms with E-state index in [-0.39, 0.29) is 0 Å². The Bertz CT molecular complexity index is 540. The van der Waals surface area contributed by atoms with Crippen molar-refractivity contribution < 1.29 is 0 Å². The van der Waals surface area contributed by atoms with Gasteiger partial charge in [-0.1, -0.05) is 5.92 Å². The zero-order valence-corrected chi connectivity index (χ0v) is 13.3. The van der Waals surface area contributed by atoms with E-state index in [9.17, 15) is 0 Å². The van der Waals surface area contributed by atoms with Crippen LogP contribution in [0.2, 0.25) is 0 Å². The minimum Gasteiger partial charge on any atom is -0.354 e. The number of likely N-dealkylation sites (N-methyl/N-ethyl adjacent to an activating group) is 1. The molecule has 118 valence electrons. The van der Waals surface area contributed by atoms with Gasteiger partial charge in [-0.05, 0) is 24.7 Å². The van der Waals surface area contributed by atoms with E-state index >= 15 is 0 Å². The van der Waals surface area contributed by atoms with E-state index in [0.717, 1.165) is 32.0 Å². The first-order valence-electron chi connectivity index (χ1n) is 7.49. The van der Waals surface area contributed by atoms with E-state index in [4.69, 9.17) is 6.42 Å². The summed E-state index contributed by atoms with van der Waals surface area (Å²) in [6.07, 6.45) is 7.10. The maximum atomic E-state index is 5.24. The van der Waals surface area contributed by atoms with Crippen molar-refractivity contribution in [3.8, 4) is 12.3 Å². The molecule has 6 nitrogen and oxygen atoms in total. The molecule has 1 aliphatic rings. The monoisotopic (exact) mass is 300 g/mol. The number of hydrogen-bond acceptors (Lipinski definition) is 4. The third-order valence-corrected chi connectivity index (χ3v) is 3.68. The highest BCUT2D eigenvalue weighted by Gasteiger charge is 2.15. The minimum atomic E-state index is 0.461. The van der Waals surface area contributed by atoms with Gasteiger partial charge in [0.25, 0.3) is 0 Å². The van der Waals surface area contributed by atoms with E-state index in [1.54, 1.807) is 7.05 Å². The standard InChI is InChI=1S/C16H24N6/c1-4-6-19-16(17-2)20-13-14-5-7-18-15(12-14)22-10-8-21(3)9-11-22/h1,5,7,12H,6,8-11,13H2,2-3H3,(H2,17,19,20). The molecule has 1 aromatic heterocycles. The molecule has 1 aliphatic heterocycles. The first kappa shape index (κ1) is 16.1. The fourth-order valence-corrected chi connectivity index (χ4v) is 2.32. The van der Waals surface area contributed by atoms with Crippen LogP contribution in [0.25, 0.3) is 0 Å². The summed E-state index contributed by atoms with van der Waals surface area (Å²) in [4.78, 5) is 13.3. The van der Waals surface area contributed by atoms with Crippen molar-refractivity contribution in [2.45, 2.75) is 6.54 Å². The summed E-state index contributed by atoms with van der Waals surface area (Å²) in [5.74, 6) is 4.28. The number of hydrogen-bond donors (Lipinski definition) is 2. The second-order valence-corrected chi connectivity index (χ2v) is 5.30. The van der Waals surface area contributed by atoms with Crippen LogP contribution in [-0.4, -0.2) is 62.7 Å². The fraction of sp³-hybridized carbons (Fsp3) is 0.500. The fourth-order valence-electron chi connectivity index (χ4n) is 2.32. The van der Waals surface area contributed by atoms with Crippen molar-refractivity contribution >= 4 is 11.8 Å². The van der Waals surface area contributed by atoms with Crippen LogP contribution in [0.15, 0.2) is 23.3 Å². The Morgan fingerprint density at radius 2 is 2.14 bits per heavy atom. The number of nitrogens with one attached hydrogen (secondary N) is 2. The lowest BCUT2D eigenvalue weighted by atomic mass is 10.2. The van der Waals surface area contributed by atoms with Crippen LogP contribution in [0.5, 0.6) is 0 Å². The van der Waals surface area contributed by atoms with Gasteiger partial charge in [0.2, 0.25) is 0 Å². The van der Waals surface area contributed by atoms with Gasteiger partial charge in [0.15, 0.2) is 5.96 Å². The molecule has 0 aliphatic carbocycles. The average Bonchev–Trinajstić information content (AvgIpc) is 2.56. The maximum Gasteiger partial charge on any atom is 0.192 e. The maximum absolute atomic E-state index is 5.24. The van der Waals surface area contributed by atoms with Crippen molar-refractivity contribution in [1.82, 2.24) is 20.5 Å². The predicted octanol–water partition coefficient (Wildman–Crippen LogP) is 0.132. The van der Waals surface area contributed by atoms with Gasteiger partial charge in [0.1, 0.15) is 5.82 Å². The lowest BCUT2D eigenvalue weighted by Gasteiger charge is -2.33. The van der Waals surface area contributed by atoms with Crippen LogP contribution in [0.1, 0.15) is 5.56 Å². The molecule has 0 atom stereocenters. The Morgan fingerprint density at radius 1 is 1.36 bits per heavy atom. The number of aliphatic imine (C=N–C) groups is 1. The minimum absolute atomic E-state index is 0.461. The Kier molecular flexibility index (Phi) is 6.04. The Hall–Kier alpha value is -2.26. The number of anilines is 1. The van der Waals surface area contributed by atoms with Crippen molar-refractivity contribution in [2.75, 3.05) is 51.7 Å². The van der Waals surface area contributed by atoms with Crippen LogP contribution in [0.3, 0.4) is 0 Å². The SMILES string of the molecule is C#CCNC(=NC)NCc1ccnc(N2CCN(C)CC2)c1. The molecule has 0 bridgehead atoms. The Balaban J connectivity index is 1.92. The number of guanidine groups is 1.